The van der Waals surface area contributed by atoms with E-state index in [1.165, 1.54) is 0 Å². The number of rotatable bonds is 1. The Morgan fingerprint density at radius 1 is 1.20 bits per heavy atom. The van der Waals surface area contributed by atoms with Gasteiger partial charge in [-0.15, -0.1) is 0 Å². The Bertz CT molecular complexity index is 614. The SMILES string of the molecule is O=C1CCC(N2CCc3ccc(Br)cc3C2=O)C(=O)N1. The van der Waals surface area contributed by atoms with Crippen LogP contribution in [0.2, 0.25) is 0 Å². The summed E-state index contributed by atoms with van der Waals surface area (Å²) in [5.41, 5.74) is 1.64. The van der Waals surface area contributed by atoms with Gasteiger partial charge in [0.1, 0.15) is 6.04 Å². The van der Waals surface area contributed by atoms with Crippen LogP contribution in [-0.2, 0) is 16.0 Å². The summed E-state index contributed by atoms with van der Waals surface area (Å²) >= 11 is 3.36. The monoisotopic (exact) mass is 336 g/mol. The number of halogens is 1. The van der Waals surface area contributed by atoms with Crippen molar-refractivity contribution in [3.8, 4) is 0 Å². The molecule has 5 nitrogen and oxygen atoms in total. The van der Waals surface area contributed by atoms with Crippen LogP contribution < -0.4 is 5.32 Å². The Labute approximate surface area is 124 Å². The Morgan fingerprint density at radius 2 is 2.00 bits per heavy atom. The van der Waals surface area contributed by atoms with Crippen molar-refractivity contribution in [2.24, 2.45) is 0 Å². The quantitative estimate of drug-likeness (QED) is 0.785. The van der Waals surface area contributed by atoms with Gasteiger partial charge in [-0.2, -0.15) is 0 Å². The number of nitrogens with zero attached hydrogens (tertiary/aromatic N) is 1. The van der Waals surface area contributed by atoms with Crippen LogP contribution in [-0.4, -0.2) is 35.2 Å². The van der Waals surface area contributed by atoms with E-state index in [9.17, 15) is 14.4 Å². The van der Waals surface area contributed by atoms with Gasteiger partial charge >= 0.3 is 0 Å². The lowest BCUT2D eigenvalue weighted by atomic mass is 9.95. The van der Waals surface area contributed by atoms with E-state index in [2.05, 4.69) is 21.2 Å². The molecule has 0 spiro atoms. The number of fused-ring (bicyclic) bond motifs is 1. The highest BCUT2D eigenvalue weighted by Crippen LogP contribution is 2.26. The number of benzene rings is 1. The van der Waals surface area contributed by atoms with Gasteiger partial charge in [-0.25, -0.2) is 0 Å². The zero-order chi connectivity index (χ0) is 14.3. The molecule has 2 aliphatic heterocycles. The van der Waals surface area contributed by atoms with Crippen LogP contribution in [0.1, 0.15) is 28.8 Å². The van der Waals surface area contributed by atoms with E-state index < -0.39 is 6.04 Å². The van der Waals surface area contributed by atoms with E-state index in [1.807, 2.05) is 12.1 Å². The second kappa shape index (κ2) is 5.01. The summed E-state index contributed by atoms with van der Waals surface area (Å²) in [5.74, 6) is -0.769. The van der Waals surface area contributed by atoms with Gasteiger partial charge in [0, 0.05) is 23.0 Å². The number of piperidine rings is 1. The van der Waals surface area contributed by atoms with Gasteiger partial charge in [0.05, 0.1) is 0 Å². The second-order valence-corrected chi connectivity index (χ2v) is 5.93. The summed E-state index contributed by atoms with van der Waals surface area (Å²) in [6.07, 6.45) is 1.41. The molecular formula is C14H13BrN2O3. The molecular weight excluding hydrogens is 324 g/mol. The zero-order valence-electron chi connectivity index (χ0n) is 10.7. The highest BCUT2D eigenvalue weighted by atomic mass is 79.9. The normalized spacial score (nSPS) is 22.6. The lowest BCUT2D eigenvalue weighted by molar-refractivity contribution is -0.136. The molecule has 104 valence electrons. The molecule has 0 saturated carbocycles. The van der Waals surface area contributed by atoms with Gasteiger partial charge in [-0.1, -0.05) is 22.0 Å². The van der Waals surface area contributed by atoms with Gasteiger partial charge in [0.2, 0.25) is 11.8 Å². The van der Waals surface area contributed by atoms with E-state index in [-0.39, 0.29) is 24.1 Å². The second-order valence-electron chi connectivity index (χ2n) is 5.02. The molecule has 1 aromatic carbocycles. The molecule has 3 rings (SSSR count). The van der Waals surface area contributed by atoms with Crippen molar-refractivity contribution in [3.63, 3.8) is 0 Å². The molecule has 0 radical (unpaired) electrons. The first kappa shape index (κ1) is 13.3. The highest BCUT2D eigenvalue weighted by Gasteiger charge is 2.37. The largest absolute Gasteiger partial charge is 0.326 e. The maximum atomic E-state index is 12.5. The van der Waals surface area contributed by atoms with Crippen molar-refractivity contribution >= 4 is 33.7 Å². The third-order valence-electron chi connectivity index (χ3n) is 3.77. The first-order valence-corrected chi connectivity index (χ1v) is 7.28. The van der Waals surface area contributed by atoms with Crippen LogP contribution in [0.25, 0.3) is 0 Å². The number of amides is 3. The van der Waals surface area contributed by atoms with Crippen LogP contribution in [0.3, 0.4) is 0 Å². The minimum Gasteiger partial charge on any atom is -0.326 e. The number of imide groups is 1. The molecule has 0 bridgehead atoms. The summed E-state index contributed by atoms with van der Waals surface area (Å²) in [4.78, 5) is 37.2. The Hall–Kier alpha value is -1.69. The predicted molar refractivity (Wildman–Crippen MR) is 75.1 cm³/mol. The first-order chi connectivity index (χ1) is 9.56. The van der Waals surface area contributed by atoms with E-state index in [4.69, 9.17) is 0 Å². The molecule has 1 unspecified atom stereocenters. The van der Waals surface area contributed by atoms with Crippen molar-refractivity contribution in [1.29, 1.82) is 0 Å². The molecule has 3 amide bonds. The lowest BCUT2D eigenvalue weighted by Crippen LogP contribution is -2.55. The fourth-order valence-corrected chi connectivity index (χ4v) is 3.10. The molecule has 1 atom stereocenters. The van der Waals surface area contributed by atoms with Gasteiger partial charge < -0.3 is 4.90 Å². The van der Waals surface area contributed by atoms with Gasteiger partial charge in [0.15, 0.2) is 0 Å². The summed E-state index contributed by atoms with van der Waals surface area (Å²) in [5, 5.41) is 2.30. The van der Waals surface area contributed by atoms with Crippen molar-refractivity contribution in [2.45, 2.75) is 25.3 Å². The Morgan fingerprint density at radius 3 is 2.75 bits per heavy atom. The fourth-order valence-electron chi connectivity index (χ4n) is 2.74. The molecule has 1 aromatic rings. The summed E-state index contributed by atoms with van der Waals surface area (Å²) in [6, 6.07) is 5.09. The molecule has 2 aliphatic rings. The zero-order valence-corrected chi connectivity index (χ0v) is 12.3. The number of carbonyl (C=O) groups is 3. The smallest absolute Gasteiger partial charge is 0.254 e. The summed E-state index contributed by atoms with van der Waals surface area (Å²) < 4.78 is 0.842. The number of hydrogen-bond donors (Lipinski definition) is 1. The van der Waals surface area contributed by atoms with Crippen LogP contribution >= 0.6 is 15.9 Å². The molecule has 1 saturated heterocycles. The highest BCUT2D eigenvalue weighted by molar-refractivity contribution is 9.10. The third-order valence-corrected chi connectivity index (χ3v) is 4.26. The topological polar surface area (TPSA) is 66.5 Å². The molecule has 20 heavy (non-hydrogen) atoms. The minimum atomic E-state index is -0.535. The maximum absolute atomic E-state index is 12.5. The molecule has 6 heteroatoms. The Balaban J connectivity index is 1.88. The van der Waals surface area contributed by atoms with Crippen LogP contribution in [0.4, 0.5) is 0 Å². The molecule has 1 fully saturated rings. The van der Waals surface area contributed by atoms with Gasteiger partial charge in [-0.3, -0.25) is 19.7 Å². The van der Waals surface area contributed by atoms with E-state index in [0.717, 1.165) is 16.5 Å². The van der Waals surface area contributed by atoms with Crippen molar-refractivity contribution in [3.05, 3.63) is 33.8 Å². The van der Waals surface area contributed by atoms with Crippen LogP contribution in [0.5, 0.6) is 0 Å². The molecule has 0 aliphatic carbocycles. The average Bonchev–Trinajstić information content (AvgIpc) is 2.41. The first-order valence-electron chi connectivity index (χ1n) is 6.49. The number of hydrogen-bond acceptors (Lipinski definition) is 3. The van der Waals surface area contributed by atoms with Gasteiger partial charge in [-0.05, 0) is 30.5 Å². The lowest BCUT2D eigenvalue weighted by Gasteiger charge is -2.36. The fraction of sp³-hybridized carbons (Fsp3) is 0.357. The minimum absolute atomic E-state index is 0.137. The van der Waals surface area contributed by atoms with E-state index in [0.29, 0.717) is 18.5 Å². The third kappa shape index (κ3) is 2.24. The standard InChI is InChI=1S/C14H13BrN2O3/c15-9-2-1-8-5-6-17(14(20)10(8)7-9)11-3-4-12(18)16-13(11)19/h1-2,7,11H,3-6H2,(H,16,18,19). The maximum Gasteiger partial charge on any atom is 0.254 e. The number of nitrogens with one attached hydrogen (secondary N) is 1. The van der Waals surface area contributed by atoms with Gasteiger partial charge in [0.25, 0.3) is 5.91 Å². The molecule has 1 N–H and O–H groups in total. The molecule has 0 aromatic heterocycles. The van der Waals surface area contributed by atoms with Crippen molar-refractivity contribution in [2.75, 3.05) is 6.54 Å². The summed E-state index contributed by atoms with van der Waals surface area (Å²) in [7, 11) is 0. The predicted octanol–water partition coefficient (Wildman–Crippen LogP) is 1.25. The molecule has 2 heterocycles. The Kier molecular flexibility index (Phi) is 3.33. The van der Waals surface area contributed by atoms with Crippen molar-refractivity contribution in [1.82, 2.24) is 10.2 Å². The summed E-state index contributed by atoms with van der Waals surface area (Å²) in [6.45, 7) is 0.514. The average molecular weight is 337 g/mol. The number of carbonyl (C=O) groups excluding carboxylic acids is 3. The van der Waals surface area contributed by atoms with Crippen LogP contribution in [0, 0.1) is 0 Å². The van der Waals surface area contributed by atoms with E-state index >= 15 is 0 Å². The van der Waals surface area contributed by atoms with Crippen molar-refractivity contribution < 1.29 is 14.4 Å². The van der Waals surface area contributed by atoms with E-state index in [1.54, 1.807) is 11.0 Å². The van der Waals surface area contributed by atoms with Crippen LogP contribution in [0.15, 0.2) is 22.7 Å².